The van der Waals surface area contributed by atoms with Crippen molar-refractivity contribution in [1.29, 1.82) is 0 Å². The highest BCUT2D eigenvalue weighted by Crippen LogP contribution is 2.53. The minimum atomic E-state index is -0.870. The Labute approximate surface area is 190 Å². The van der Waals surface area contributed by atoms with Crippen LogP contribution in [0.1, 0.15) is 74.0 Å². The normalized spacial score (nSPS) is 16.4. The van der Waals surface area contributed by atoms with Crippen molar-refractivity contribution in [2.75, 3.05) is 5.75 Å². The lowest BCUT2D eigenvalue weighted by Crippen LogP contribution is -2.18. The van der Waals surface area contributed by atoms with E-state index < -0.39 is 11.6 Å². The zero-order valence-electron chi connectivity index (χ0n) is 18.8. The minimum absolute atomic E-state index is 0.0271. The molecule has 1 fully saturated rings. The first kappa shape index (κ1) is 23.6. The molecule has 1 aliphatic rings. The molecule has 1 atom stereocenters. The van der Waals surface area contributed by atoms with Crippen LogP contribution in [0.2, 0.25) is 0 Å². The molecule has 0 radical (unpaired) electrons. The molecule has 0 aromatic heterocycles. The van der Waals surface area contributed by atoms with Gasteiger partial charge < -0.3 is 10.2 Å². The van der Waals surface area contributed by atoms with Gasteiger partial charge in [-0.1, -0.05) is 60.7 Å². The predicted octanol–water partition coefficient (Wildman–Crippen LogP) is 6.61. The number of aliphatic hydroxyl groups is 1. The Morgan fingerprint density at radius 1 is 1.19 bits per heavy atom. The Morgan fingerprint density at radius 3 is 2.58 bits per heavy atom. The molecule has 3 rings (SSSR count). The van der Waals surface area contributed by atoms with Gasteiger partial charge in [-0.3, -0.25) is 4.79 Å². The first-order valence-corrected chi connectivity index (χ1v) is 12.1. The molecule has 0 spiro atoms. The van der Waals surface area contributed by atoms with E-state index in [1.54, 1.807) is 0 Å². The summed E-state index contributed by atoms with van der Waals surface area (Å²) in [4.78, 5) is 11.3. The topological polar surface area (TPSA) is 57.5 Å². The van der Waals surface area contributed by atoms with E-state index in [-0.39, 0.29) is 17.1 Å². The lowest BCUT2D eigenvalue weighted by atomic mass is 9.90. The van der Waals surface area contributed by atoms with Crippen LogP contribution < -0.4 is 0 Å². The Kier molecular flexibility index (Phi) is 7.66. The second-order valence-electron chi connectivity index (χ2n) is 9.30. The van der Waals surface area contributed by atoms with Crippen molar-refractivity contribution in [1.82, 2.24) is 0 Å². The maximum Gasteiger partial charge on any atom is 0.303 e. The van der Waals surface area contributed by atoms with Crippen LogP contribution >= 0.6 is 11.8 Å². The third-order valence-electron chi connectivity index (χ3n) is 6.07. The number of allylic oxidation sites excluding steroid dienone is 1. The summed E-state index contributed by atoms with van der Waals surface area (Å²) in [5, 5.41) is 20.2. The summed E-state index contributed by atoms with van der Waals surface area (Å²) in [5.41, 5.74) is 3.73. The number of carboxylic acids is 1. The Balaban J connectivity index is 1.80. The summed E-state index contributed by atoms with van der Waals surface area (Å²) in [5.74, 6) is 0.189. The van der Waals surface area contributed by atoms with Crippen LogP contribution in [-0.2, 0) is 16.8 Å². The van der Waals surface area contributed by atoms with Gasteiger partial charge in [0.05, 0.1) is 12.0 Å². The van der Waals surface area contributed by atoms with E-state index in [2.05, 4.69) is 36.4 Å². The summed E-state index contributed by atoms with van der Waals surface area (Å²) >= 11 is 1.90. The summed E-state index contributed by atoms with van der Waals surface area (Å²) in [6.45, 7) is 5.69. The molecule has 2 N–H and O–H groups in total. The maximum atomic E-state index is 11.3. The van der Waals surface area contributed by atoms with Crippen LogP contribution in [0.3, 0.4) is 0 Å². The van der Waals surface area contributed by atoms with E-state index in [0.29, 0.717) is 0 Å². The third kappa shape index (κ3) is 6.72. The zero-order chi connectivity index (χ0) is 22.5. The molecule has 0 amide bonds. The molecule has 4 heteroatoms. The molecule has 0 bridgehead atoms. The Morgan fingerprint density at radius 2 is 1.94 bits per heavy atom. The van der Waals surface area contributed by atoms with Gasteiger partial charge in [0, 0.05) is 11.0 Å². The number of carbonyl (C=O) groups is 1. The van der Waals surface area contributed by atoms with Gasteiger partial charge in [-0.25, -0.2) is 0 Å². The van der Waals surface area contributed by atoms with E-state index >= 15 is 0 Å². The quantitative estimate of drug-likeness (QED) is 0.414. The molecule has 3 nitrogen and oxygen atoms in total. The molecule has 0 saturated heterocycles. The van der Waals surface area contributed by atoms with Crippen molar-refractivity contribution < 1.29 is 15.0 Å². The largest absolute Gasteiger partial charge is 0.481 e. The van der Waals surface area contributed by atoms with E-state index in [9.17, 15) is 15.0 Å². The van der Waals surface area contributed by atoms with Crippen LogP contribution in [-0.4, -0.2) is 21.9 Å². The van der Waals surface area contributed by atoms with Gasteiger partial charge >= 0.3 is 5.97 Å². The zero-order valence-corrected chi connectivity index (χ0v) is 19.6. The van der Waals surface area contributed by atoms with Gasteiger partial charge in [-0.2, -0.15) is 11.8 Å². The van der Waals surface area contributed by atoms with Gasteiger partial charge in [0.2, 0.25) is 0 Å². The minimum Gasteiger partial charge on any atom is -0.481 e. The lowest BCUT2D eigenvalue weighted by Gasteiger charge is -2.24. The number of carboxylic acid groups (broad SMARTS) is 1. The second kappa shape index (κ2) is 10.1. The standard InChI is InChI=1S/C27H34O3S/c1-4-8-20-9-7-11-22(17-20)24(31-19-27(15-16-27)18-25(28)29)14-13-21-10-5-6-12-23(21)26(2,3)30/h4-12,17,24,30H,13-16,18-19H2,1-3H3,(H,28,29)/b8-4+. The SMILES string of the molecule is C/C=C/c1cccc(C(CCc2ccccc2C(C)(C)O)SCC2(CC(=O)O)CC2)c1. The van der Waals surface area contributed by atoms with Crippen molar-refractivity contribution in [3.8, 4) is 0 Å². The van der Waals surface area contributed by atoms with Gasteiger partial charge in [0.15, 0.2) is 0 Å². The molecule has 1 aliphatic carbocycles. The molecular formula is C27H34O3S. The molecule has 2 aromatic carbocycles. The van der Waals surface area contributed by atoms with Crippen LogP contribution in [0.5, 0.6) is 0 Å². The highest BCUT2D eigenvalue weighted by atomic mass is 32.2. The number of thioether (sulfide) groups is 1. The predicted molar refractivity (Wildman–Crippen MR) is 130 cm³/mol. The number of aliphatic carboxylic acids is 1. The molecular weight excluding hydrogens is 404 g/mol. The summed E-state index contributed by atoms with van der Waals surface area (Å²) < 4.78 is 0. The van der Waals surface area contributed by atoms with Gasteiger partial charge in [0.1, 0.15) is 0 Å². The van der Waals surface area contributed by atoms with Crippen molar-refractivity contribution in [3.63, 3.8) is 0 Å². The molecule has 31 heavy (non-hydrogen) atoms. The Hall–Kier alpha value is -2.04. The van der Waals surface area contributed by atoms with Crippen molar-refractivity contribution in [3.05, 3.63) is 76.9 Å². The lowest BCUT2D eigenvalue weighted by molar-refractivity contribution is -0.138. The fourth-order valence-electron chi connectivity index (χ4n) is 4.17. The van der Waals surface area contributed by atoms with Crippen LogP contribution in [0.15, 0.2) is 54.6 Å². The average molecular weight is 439 g/mol. The van der Waals surface area contributed by atoms with Crippen LogP contribution in [0.4, 0.5) is 0 Å². The molecule has 166 valence electrons. The third-order valence-corrected chi connectivity index (χ3v) is 7.76. The second-order valence-corrected chi connectivity index (χ2v) is 10.5. The summed E-state index contributed by atoms with van der Waals surface area (Å²) in [6.07, 6.45) is 8.28. The van der Waals surface area contributed by atoms with Crippen molar-refractivity contribution >= 4 is 23.8 Å². The van der Waals surface area contributed by atoms with Crippen LogP contribution in [0, 0.1) is 5.41 Å². The average Bonchev–Trinajstić information content (AvgIpc) is 3.47. The van der Waals surface area contributed by atoms with E-state index in [0.717, 1.165) is 37.0 Å². The maximum absolute atomic E-state index is 11.3. The summed E-state index contributed by atoms with van der Waals surface area (Å²) in [7, 11) is 0. The number of aryl methyl sites for hydroxylation is 1. The molecule has 1 saturated carbocycles. The number of hydrogen-bond donors (Lipinski definition) is 2. The highest BCUT2D eigenvalue weighted by molar-refractivity contribution is 7.99. The van der Waals surface area contributed by atoms with Gasteiger partial charge in [0.25, 0.3) is 0 Å². The van der Waals surface area contributed by atoms with E-state index in [1.807, 2.05) is 56.8 Å². The van der Waals surface area contributed by atoms with E-state index in [4.69, 9.17) is 0 Å². The molecule has 0 heterocycles. The van der Waals surface area contributed by atoms with Crippen molar-refractivity contribution in [2.45, 2.75) is 63.7 Å². The van der Waals surface area contributed by atoms with Gasteiger partial charge in [-0.15, -0.1) is 0 Å². The van der Waals surface area contributed by atoms with E-state index in [1.165, 1.54) is 16.7 Å². The summed E-state index contributed by atoms with van der Waals surface area (Å²) in [6, 6.07) is 16.8. The molecule has 2 aromatic rings. The number of rotatable bonds is 11. The highest BCUT2D eigenvalue weighted by Gasteiger charge is 2.44. The molecule has 0 aliphatic heterocycles. The van der Waals surface area contributed by atoms with Crippen molar-refractivity contribution in [2.24, 2.45) is 5.41 Å². The molecule has 1 unspecified atom stereocenters. The van der Waals surface area contributed by atoms with Crippen LogP contribution in [0.25, 0.3) is 6.08 Å². The first-order chi connectivity index (χ1) is 14.7. The fraction of sp³-hybridized carbons (Fsp3) is 0.444. The number of benzene rings is 2. The fourth-order valence-corrected chi connectivity index (χ4v) is 5.74. The smallest absolute Gasteiger partial charge is 0.303 e. The van der Waals surface area contributed by atoms with Gasteiger partial charge in [-0.05, 0) is 74.1 Å². The first-order valence-electron chi connectivity index (χ1n) is 11.1. The number of hydrogen-bond acceptors (Lipinski definition) is 3. The monoisotopic (exact) mass is 438 g/mol. The Bertz CT molecular complexity index is 922.